The van der Waals surface area contributed by atoms with Crippen LogP contribution in [0.4, 0.5) is 13.2 Å². The van der Waals surface area contributed by atoms with Gasteiger partial charge in [-0.2, -0.15) is 13.2 Å². The van der Waals surface area contributed by atoms with Gasteiger partial charge in [0.05, 0.1) is 6.61 Å². The number of aryl methyl sites for hydroxylation is 1. The molecule has 0 unspecified atom stereocenters. The molecule has 0 spiro atoms. The standard InChI is InChI=1S/C12H12BrF3O3/c1-7-5-8(13)6-9(11(17)18)10(7)19-4-2-3-12(14,15)16/h5-6H,2-4H2,1H3,(H,17,18). The third-order valence-electron chi connectivity index (χ3n) is 2.32. The van der Waals surface area contributed by atoms with Crippen molar-refractivity contribution in [3.8, 4) is 5.75 Å². The van der Waals surface area contributed by atoms with E-state index in [2.05, 4.69) is 15.9 Å². The fourth-order valence-corrected chi connectivity index (χ4v) is 2.10. The van der Waals surface area contributed by atoms with Gasteiger partial charge in [0.1, 0.15) is 11.3 Å². The monoisotopic (exact) mass is 340 g/mol. The van der Waals surface area contributed by atoms with E-state index in [1.807, 2.05) is 0 Å². The van der Waals surface area contributed by atoms with Crippen LogP contribution >= 0.6 is 15.9 Å². The number of rotatable bonds is 5. The predicted molar refractivity (Wildman–Crippen MR) is 66.6 cm³/mol. The van der Waals surface area contributed by atoms with Crippen molar-refractivity contribution in [2.75, 3.05) is 6.61 Å². The van der Waals surface area contributed by atoms with Crippen LogP contribution < -0.4 is 4.74 Å². The van der Waals surface area contributed by atoms with Crippen molar-refractivity contribution in [1.29, 1.82) is 0 Å². The van der Waals surface area contributed by atoms with Crippen LogP contribution in [0.2, 0.25) is 0 Å². The number of ether oxygens (including phenoxy) is 1. The predicted octanol–water partition coefficient (Wildman–Crippen LogP) is 4.18. The smallest absolute Gasteiger partial charge is 0.389 e. The molecule has 1 aromatic carbocycles. The lowest BCUT2D eigenvalue weighted by atomic mass is 10.1. The molecule has 0 aliphatic carbocycles. The van der Waals surface area contributed by atoms with Crippen molar-refractivity contribution in [2.45, 2.75) is 25.9 Å². The molecular weight excluding hydrogens is 329 g/mol. The van der Waals surface area contributed by atoms with E-state index in [1.165, 1.54) is 6.07 Å². The molecule has 0 radical (unpaired) electrons. The van der Waals surface area contributed by atoms with Gasteiger partial charge in [-0.15, -0.1) is 0 Å². The maximum Gasteiger partial charge on any atom is 0.389 e. The Labute approximate surface area is 116 Å². The van der Waals surface area contributed by atoms with E-state index in [0.29, 0.717) is 10.0 Å². The lowest BCUT2D eigenvalue weighted by Gasteiger charge is -2.13. The number of carboxylic acids is 1. The Kier molecular flexibility index (Phi) is 5.22. The Bertz CT molecular complexity index is 472. The van der Waals surface area contributed by atoms with Gasteiger partial charge < -0.3 is 9.84 Å². The van der Waals surface area contributed by atoms with Crippen molar-refractivity contribution in [2.24, 2.45) is 0 Å². The minimum Gasteiger partial charge on any atom is -0.492 e. The van der Waals surface area contributed by atoms with E-state index in [-0.39, 0.29) is 24.3 Å². The Morgan fingerprint density at radius 3 is 2.58 bits per heavy atom. The largest absolute Gasteiger partial charge is 0.492 e. The molecule has 0 atom stereocenters. The summed E-state index contributed by atoms with van der Waals surface area (Å²) in [5.41, 5.74) is 0.484. The summed E-state index contributed by atoms with van der Waals surface area (Å²) < 4.78 is 41.6. The number of halogens is 4. The van der Waals surface area contributed by atoms with Crippen LogP contribution in [0, 0.1) is 6.92 Å². The highest BCUT2D eigenvalue weighted by Crippen LogP contribution is 2.29. The van der Waals surface area contributed by atoms with Crippen molar-refractivity contribution < 1.29 is 27.8 Å². The van der Waals surface area contributed by atoms with Crippen molar-refractivity contribution in [3.05, 3.63) is 27.7 Å². The zero-order valence-electron chi connectivity index (χ0n) is 10.1. The molecule has 3 nitrogen and oxygen atoms in total. The number of hydrogen-bond acceptors (Lipinski definition) is 2. The number of hydrogen-bond donors (Lipinski definition) is 1. The second-order valence-corrected chi connectivity index (χ2v) is 4.89. The number of aromatic carboxylic acids is 1. The summed E-state index contributed by atoms with van der Waals surface area (Å²) in [5, 5.41) is 9.02. The highest BCUT2D eigenvalue weighted by Gasteiger charge is 2.26. The van der Waals surface area contributed by atoms with Crippen LogP contribution in [0.15, 0.2) is 16.6 Å². The summed E-state index contributed by atoms with van der Waals surface area (Å²) in [6.45, 7) is 1.46. The average Bonchev–Trinajstić information content (AvgIpc) is 2.24. The molecule has 0 bridgehead atoms. The van der Waals surface area contributed by atoms with Crippen molar-refractivity contribution in [1.82, 2.24) is 0 Å². The Balaban J connectivity index is 2.75. The molecular formula is C12H12BrF3O3. The normalized spacial score (nSPS) is 11.4. The fourth-order valence-electron chi connectivity index (χ4n) is 1.53. The van der Waals surface area contributed by atoms with Gasteiger partial charge >= 0.3 is 12.1 Å². The molecule has 7 heteroatoms. The van der Waals surface area contributed by atoms with E-state index < -0.39 is 18.6 Å². The van der Waals surface area contributed by atoms with Crippen LogP contribution in [-0.4, -0.2) is 23.9 Å². The molecule has 1 rings (SSSR count). The van der Waals surface area contributed by atoms with Crippen LogP contribution in [0.25, 0.3) is 0 Å². The van der Waals surface area contributed by atoms with Crippen LogP contribution in [-0.2, 0) is 0 Å². The first-order valence-corrected chi connectivity index (χ1v) is 6.23. The van der Waals surface area contributed by atoms with Crippen molar-refractivity contribution >= 4 is 21.9 Å². The zero-order chi connectivity index (χ0) is 14.6. The molecule has 106 valence electrons. The molecule has 0 fully saturated rings. The summed E-state index contributed by atoms with van der Waals surface area (Å²) in [7, 11) is 0. The van der Waals surface area contributed by atoms with Crippen LogP contribution in [0.5, 0.6) is 5.75 Å². The lowest BCUT2D eigenvalue weighted by molar-refractivity contribution is -0.136. The van der Waals surface area contributed by atoms with E-state index in [9.17, 15) is 18.0 Å². The van der Waals surface area contributed by atoms with Crippen LogP contribution in [0.1, 0.15) is 28.8 Å². The van der Waals surface area contributed by atoms with E-state index in [1.54, 1.807) is 13.0 Å². The number of alkyl halides is 3. The third-order valence-corrected chi connectivity index (χ3v) is 2.78. The Morgan fingerprint density at radius 1 is 1.42 bits per heavy atom. The fraction of sp³-hybridized carbons (Fsp3) is 0.417. The molecule has 19 heavy (non-hydrogen) atoms. The molecule has 0 aliphatic rings. The van der Waals surface area contributed by atoms with Crippen LogP contribution in [0.3, 0.4) is 0 Å². The number of carboxylic acid groups (broad SMARTS) is 1. The van der Waals surface area contributed by atoms with Gasteiger partial charge in [0, 0.05) is 10.9 Å². The maximum absolute atomic E-state index is 12.0. The average molecular weight is 341 g/mol. The van der Waals surface area contributed by atoms with Gasteiger partial charge in [-0.05, 0) is 31.0 Å². The zero-order valence-corrected chi connectivity index (χ0v) is 11.6. The van der Waals surface area contributed by atoms with E-state index in [4.69, 9.17) is 9.84 Å². The molecule has 0 saturated heterocycles. The summed E-state index contributed by atoms with van der Waals surface area (Å²) in [6.07, 6.45) is -5.39. The summed E-state index contributed by atoms with van der Waals surface area (Å²) in [6, 6.07) is 3.00. The number of benzene rings is 1. The molecule has 0 heterocycles. The molecule has 0 amide bonds. The highest BCUT2D eigenvalue weighted by molar-refractivity contribution is 9.10. The van der Waals surface area contributed by atoms with E-state index >= 15 is 0 Å². The molecule has 0 aliphatic heterocycles. The first-order valence-electron chi connectivity index (χ1n) is 5.43. The topological polar surface area (TPSA) is 46.5 Å². The third kappa shape index (κ3) is 5.10. The number of carbonyl (C=O) groups is 1. The van der Waals surface area contributed by atoms with Gasteiger partial charge in [0.2, 0.25) is 0 Å². The second-order valence-electron chi connectivity index (χ2n) is 3.97. The quantitative estimate of drug-likeness (QED) is 0.818. The first-order chi connectivity index (χ1) is 8.70. The Hall–Kier alpha value is -1.24. The van der Waals surface area contributed by atoms with Gasteiger partial charge in [-0.1, -0.05) is 15.9 Å². The summed E-state index contributed by atoms with van der Waals surface area (Å²) >= 11 is 3.16. The summed E-state index contributed by atoms with van der Waals surface area (Å²) in [5.74, 6) is -1.08. The van der Waals surface area contributed by atoms with Gasteiger partial charge in [-0.25, -0.2) is 4.79 Å². The SMILES string of the molecule is Cc1cc(Br)cc(C(=O)O)c1OCCCC(F)(F)F. The molecule has 1 N–H and O–H groups in total. The minimum atomic E-state index is -4.23. The van der Waals surface area contributed by atoms with Crippen molar-refractivity contribution in [3.63, 3.8) is 0 Å². The van der Waals surface area contributed by atoms with Gasteiger partial charge in [0.25, 0.3) is 0 Å². The van der Waals surface area contributed by atoms with E-state index in [0.717, 1.165) is 0 Å². The summed E-state index contributed by atoms with van der Waals surface area (Å²) in [4.78, 5) is 11.0. The van der Waals surface area contributed by atoms with Gasteiger partial charge in [0.15, 0.2) is 0 Å². The first kappa shape index (κ1) is 15.8. The maximum atomic E-state index is 12.0. The lowest BCUT2D eigenvalue weighted by Crippen LogP contribution is -2.11. The Morgan fingerprint density at radius 2 is 2.05 bits per heavy atom. The second kappa shape index (κ2) is 6.27. The highest BCUT2D eigenvalue weighted by atomic mass is 79.9. The molecule has 0 saturated carbocycles. The molecule has 1 aromatic rings. The van der Waals surface area contributed by atoms with Gasteiger partial charge in [-0.3, -0.25) is 0 Å². The molecule has 0 aromatic heterocycles. The minimum absolute atomic E-state index is 0.0705.